The van der Waals surface area contributed by atoms with Gasteiger partial charge in [-0.15, -0.1) is 12.4 Å². The SMILES string of the molecule is CC(C)C(N)c1ncnn1C.Cl. The van der Waals surface area contributed by atoms with Crippen molar-refractivity contribution >= 4 is 12.4 Å². The van der Waals surface area contributed by atoms with Gasteiger partial charge in [0.15, 0.2) is 0 Å². The predicted molar refractivity (Wildman–Crippen MR) is 50.0 cm³/mol. The molecule has 4 nitrogen and oxygen atoms in total. The van der Waals surface area contributed by atoms with Crippen molar-refractivity contribution < 1.29 is 0 Å². The van der Waals surface area contributed by atoms with Gasteiger partial charge in [0.1, 0.15) is 12.2 Å². The monoisotopic (exact) mass is 190 g/mol. The first-order valence-corrected chi connectivity index (χ1v) is 3.72. The van der Waals surface area contributed by atoms with E-state index in [4.69, 9.17) is 5.73 Å². The van der Waals surface area contributed by atoms with E-state index in [0.29, 0.717) is 5.92 Å². The molecule has 0 radical (unpaired) electrons. The largest absolute Gasteiger partial charge is 0.321 e. The molecule has 5 heteroatoms. The number of hydrogen-bond donors (Lipinski definition) is 1. The quantitative estimate of drug-likeness (QED) is 0.754. The van der Waals surface area contributed by atoms with E-state index in [2.05, 4.69) is 23.9 Å². The Morgan fingerprint density at radius 2 is 2.08 bits per heavy atom. The highest BCUT2D eigenvalue weighted by Gasteiger charge is 2.14. The smallest absolute Gasteiger partial charge is 0.143 e. The maximum Gasteiger partial charge on any atom is 0.143 e. The van der Waals surface area contributed by atoms with Crippen LogP contribution in [0.1, 0.15) is 25.7 Å². The molecule has 1 heterocycles. The molecule has 1 rings (SSSR count). The topological polar surface area (TPSA) is 56.7 Å². The van der Waals surface area contributed by atoms with Crippen LogP contribution in [0.2, 0.25) is 0 Å². The van der Waals surface area contributed by atoms with Gasteiger partial charge < -0.3 is 5.73 Å². The van der Waals surface area contributed by atoms with Crippen LogP contribution in [0.5, 0.6) is 0 Å². The normalized spacial score (nSPS) is 12.8. The summed E-state index contributed by atoms with van der Waals surface area (Å²) in [6.07, 6.45) is 1.53. The second-order valence-corrected chi connectivity index (χ2v) is 3.01. The minimum Gasteiger partial charge on any atom is -0.321 e. The van der Waals surface area contributed by atoms with Gasteiger partial charge in [0.2, 0.25) is 0 Å². The van der Waals surface area contributed by atoms with Gasteiger partial charge in [0, 0.05) is 7.05 Å². The van der Waals surface area contributed by atoms with E-state index < -0.39 is 0 Å². The number of nitrogens with two attached hydrogens (primary N) is 1. The average Bonchev–Trinajstić information content (AvgIpc) is 2.33. The Hall–Kier alpha value is -0.610. The van der Waals surface area contributed by atoms with Crippen LogP contribution in [0.3, 0.4) is 0 Å². The van der Waals surface area contributed by atoms with Crippen molar-refractivity contribution in [2.75, 3.05) is 0 Å². The molecule has 0 fully saturated rings. The van der Waals surface area contributed by atoms with E-state index in [9.17, 15) is 0 Å². The lowest BCUT2D eigenvalue weighted by Gasteiger charge is -2.13. The van der Waals surface area contributed by atoms with Gasteiger partial charge in [-0.2, -0.15) is 5.10 Å². The number of aryl methyl sites for hydroxylation is 1. The molecule has 0 spiro atoms. The fourth-order valence-corrected chi connectivity index (χ4v) is 0.905. The summed E-state index contributed by atoms with van der Waals surface area (Å²) in [7, 11) is 1.85. The average molecular weight is 191 g/mol. The summed E-state index contributed by atoms with van der Waals surface area (Å²) in [5.74, 6) is 1.25. The zero-order valence-corrected chi connectivity index (χ0v) is 8.38. The summed E-state index contributed by atoms with van der Waals surface area (Å²) in [6.45, 7) is 4.14. The van der Waals surface area contributed by atoms with E-state index >= 15 is 0 Å². The Morgan fingerprint density at radius 1 is 1.50 bits per heavy atom. The van der Waals surface area contributed by atoms with Crippen LogP contribution in [0.4, 0.5) is 0 Å². The Labute approximate surface area is 78.6 Å². The van der Waals surface area contributed by atoms with Gasteiger partial charge in [0.05, 0.1) is 6.04 Å². The molecule has 0 saturated heterocycles. The molecular formula is C7H15ClN4. The molecule has 0 aliphatic heterocycles. The predicted octanol–water partition coefficient (Wildman–Crippen LogP) is 0.893. The molecule has 0 aliphatic carbocycles. The fourth-order valence-electron chi connectivity index (χ4n) is 0.905. The molecule has 0 bridgehead atoms. The molecule has 0 saturated carbocycles. The summed E-state index contributed by atoms with van der Waals surface area (Å²) in [5.41, 5.74) is 5.86. The maximum absolute atomic E-state index is 5.86. The van der Waals surface area contributed by atoms with Crippen LogP contribution in [0.25, 0.3) is 0 Å². The lowest BCUT2D eigenvalue weighted by Crippen LogP contribution is -2.20. The van der Waals surface area contributed by atoms with Gasteiger partial charge in [-0.25, -0.2) is 4.98 Å². The third kappa shape index (κ3) is 2.19. The Balaban J connectivity index is 0.00000121. The third-order valence-corrected chi connectivity index (χ3v) is 1.76. The molecule has 2 N–H and O–H groups in total. The highest BCUT2D eigenvalue weighted by Crippen LogP contribution is 2.14. The second kappa shape index (κ2) is 4.42. The minimum absolute atomic E-state index is 0. The Bertz CT molecular complexity index is 233. The molecule has 1 unspecified atom stereocenters. The van der Waals surface area contributed by atoms with Gasteiger partial charge >= 0.3 is 0 Å². The van der Waals surface area contributed by atoms with Crippen LogP contribution < -0.4 is 5.73 Å². The fraction of sp³-hybridized carbons (Fsp3) is 0.714. The first kappa shape index (κ1) is 11.4. The number of rotatable bonds is 2. The van der Waals surface area contributed by atoms with Crippen LogP contribution in [0, 0.1) is 5.92 Å². The molecule has 0 aliphatic rings. The first-order valence-electron chi connectivity index (χ1n) is 3.72. The van der Waals surface area contributed by atoms with Crippen molar-refractivity contribution in [1.82, 2.24) is 14.8 Å². The maximum atomic E-state index is 5.86. The van der Waals surface area contributed by atoms with E-state index in [1.807, 2.05) is 7.05 Å². The molecule has 1 aromatic heterocycles. The molecule has 1 atom stereocenters. The summed E-state index contributed by atoms with van der Waals surface area (Å²) < 4.78 is 1.71. The van der Waals surface area contributed by atoms with Crippen LogP contribution in [0.15, 0.2) is 6.33 Å². The third-order valence-electron chi connectivity index (χ3n) is 1.76. The van der Waals surface area contributed by atoms with Crippen molar-refractivity contribution in [2.45, 2.75) is 19.9 Å². The van der Waals surface area contributed by atoms with Gasteiger partial charge in [-0.05, 0) is 5.92 Å². The Kier molecular flexibility index (Phi) is 4.20. The van der Waals surface area contributed by atoms with Crippen molar-refractivity contribution in [1.29, 1.82) is 0 Å². The van der Waals surface area contributed by atoms with Crippen LogP contribution in [-0.2, 0) is 7.05 Å². The summed E-state index contributed by atoms with van der Waals surface area (Å²) in [4.78, 5) is 4.06. The van der Waals surface area contributed by atoms with Gasteiger partial charge in [-0.3, -0.25) is 4.68 Å². The van der Waals surface area contributed by atoms with Crippen LogP contribution in [-0.4, -0.2) is 14.8 Å². The van der Waals surface area contributed by atoms with Gasteiger partial charge in [0.25, 0.3) is 0 Å². The standard InChI is InChI=1S/C7H14N4.ClH/c1-5(2)6(8)7-9-4-10-11(7)3;/h4-6H,8H2,1-3H3;1H. The van der Waals surface area contributed by atoms with Crippen molar-refractivity contribution in [3.05, 3.63) is 12.2 Å². The number of hydrogen-bond acceptors (Lipinski definition) is 3. The summed E-state index contributed by atoms with van der Waals surface area (Å²) in [5, 5.41) is 3.95. The zero-order chi connectivity index (χ0) is 8.43. The molecule has 0 aromatic carbocycles. The lowest BCUT2D eigenvalue weighted by atomic mass is 10.1. The molecule has 12 heavy (non-hydrogen) atoms. The molecular weight excluding hydrogens is 176 g/mol. The number of aromatic nitrogens is 3. The van der Waals surface area contributed by atoms with E-state index in [0.717, 1.165) is 5.82 Å². The van der Waals surface area contributed by atoms with Crippen molar-refractivity contribution in [2.24, 2.45) is 18.7 Å². The van der Waals surface area contributed by atoms with Crippen LogP contribution >= 0.6 is 12.4 Å². The molecule has 70 valence electrons. The summed E-state index contributed by atoms with van der Waals surface area (Å²) >= 11 is 0. The highest BCUT2D eigenvalue weighted by atomic mass is 35.5. The van der Waals surface area contributed by atoms with E-state index in [-0.39, 0.29) is 18.4 Å². The highest BCUT2D eigenvalue weighted by molar-refractivity contribution is 5.85. The zero-order valence-electron chi connectivity index (χ0n) is 7.56. The molecule has 0 amide bonds. The number of halogens is 1. The van der Waals surface area contributed by atoms with Gasteiger partial charge in [-0.1, -0.05) is 13.8 Å². The second-order valence-electron chi connectivity index (χ2n) is 3.01. The van der Waals surface area contributed by atoms with Crippen molar-refractivity contribution in [3.8, 4) is 0 Å². The number of nitrogens with zero attached hydrogens (tertiary/aromatic N) is 3. The van der Waals surface area contributed by atoms with E-state index in [1.54, 1.807) is 4.68 Å². The lowest BCUT2D eigenvalue weighted by molar-refractivity contribution is 0.469. The van der Waals surface area contributed by atoms with Crippen molar-refractivity contribution in [3.63, 3.8) is 0 Å². The Morgan fingerprint density at radius 3 is 2.42 bits per heavy atom. The first-order chi connectivity index (χ1) is 5.13. The summed E-state index contributed by atoms with van der Waals surface area (Å²) in [6, 6.07) is -0.0116. The molecule has 1 aromatic rings. The van der Waals surface area contributed by atoms with E-state index in [1.165, 1.54) is 6.33 Å². The minimum atomic E-state index is -0.0116.